The molecule has 3 aliphatic rings. The number of carbonyl (C=O) groups is 1. The summed E-state index contributed by atoms with van der Waals surface area (Å²) >= 11 is 0. The van der Waals surface area contributed by atoms with E-state index in [1.165, 1.54) is 6.92 Å². The molecule has 0 heterocycles. The number of halogens is 2. The van der Waals surface area contributed by atoms with E-state index < -0.39 is 27.7 Å². The lowest BCUT2D eigenvalue weighted by atomic mass is 9.49. The Hall–Kier alpha value is -1.06. The van der Waals surface area contributed by atoms with Crippen LogP contribution in [0.4, 0.5) is 8.78 Å². The van der Waals surface area contributed by atoms with Crippen LogP contribution in [0.5, 0.6) is 0 Å². The van der Waals surface area contributed by atoms with Gasteiger partial charge in [0.15, 0.2) is 0 Å². The summed E-state index contributed by atoms with van der Waals surface area (Å²) in [7, 11) is -3.69. The first-order valence-corrected chi connectivity index (χ1v) is 13.3. The second-order valence-corrected chi connectivity index (χ2v) is 12.2. The van der Waals surface area contributed by atoms with Crippen LogP contribution in [0.15, 0.2) is 11.7 Å². The van der Waals surface area contributed by atoms with Crippen molar-refractivity contribution in [1.82, 2.24) is 0 Å². The molecule has 0 aromatic rings. The van der Waals surface area contributed by atoms with Crippen LogP contribution in [-0.2, 0) is 23.8 Å². The van der Waals surface area contributed by atoms with Crippen LogP contribution in [-0.4, -0.2) is 45.1 Å². The average Bonchev–Trinajstić information content (AvgIpc) is 3.03. The van der Waals surface area contributed by atoms with Crippen molar-refractivity contribution in [2.45, 2.75) is 71.8 Å². The molecule has 7 atom stereocenters. The molecule has 6 nitrogen and oxygen atoms in total. The highest BCUT2D eigenvalue weighted by Gasteiger charge is 2.58. The maximum Gasteiger partial charge on any atom is 0.302 e. The normalized spacial score (nSPS) is 40.1. The highest BCUT2D eigenvalue weighted by atomic mass is 32.2. The Labute approximate surface area is 189 Å². The molecule has 9 heteroatoms. The average molecular weight is 479 g/mol. The number of rotatable bonds is 6. The van der Waals surface area contributed by atoms with Gasteiger partial charge in [-0.25, -0.2) is 0 Å². The molecule has 3 saturated carbocycles. The van der Waals surface area contributed by atoms with Crippen LogP contribution in [0.1, 0.15) is 65.7 Å². The Morgan fingerprint density at radius 2 is 1.81 bits per heavy atom. The second-order valence-electron chi connectivity index (χ2n) is 10.5. The van der Waals surface area contributed by atoms with Gasteiger partial charge in [-0.3, -0.25) is 8.98 Å². The van der Waals surface area contributed by atoms with Gasteiger partial charge in [-0.15, -0.1) is 0 Å². The summed E-state index contributed by atoms with van der Waals surface area (Å²) in [6.07, 6.45) is 2.86. The van der Waals surface area contributed by atoms with Gasteiger partial charge in [-0.05, 0) is 73.5 Å². The number of esters is 1. The molecule has 3 rings (SSSR count). The van der Waals surface area contributed by atoms with E-state index in [0.29, 0.717) is 44.9 Å². The van der Waals surface area contributed by atoms with Crippen LogP contribution in [0.3, 0.4) is 0 Å². The van der Waals surface area contributed by atoms with Crippen LogP contribution >= 0.6 is 0 Å². The third kappa shape index (κ3) is 5.04. The number of hydrogen-bond acceptors (Lipinski definition) is 6. The Bertz CT molecular complexity index is 855. The molecule has 0 amide bonds. The first-order chi connectivity index (χ1) is 14.8. The molecule has 0 spiro atoms. The zero-order valence-corrected chi connectivity index (χ0v) is 20.2. The third-order valence-electron chi connectivity index (χ3n) is 8.76. The Morgan fingerprint density at radius 3 is 2.41 bits per heavy atom. The van der Waals surface area contributed by atoms with Crippen molar-refractivity contribution in [2.24, 2.45) is 34.5 Å². The van der Waals surface area contributed by atoms with Crippen LogP contribution in [0.2, 0.25) is 0 Å². The van der Waals surface area contributed by atoms with Gasteiger partial charge >= 0.3 is 5.97 Å². The summed E-state index contributed by atoms with van der Waals surface area (Å²) in [4.78, 5) is 11.5. The first-order valence-electron chi connectivity index (χ1n) is 11.5. The first kappa shape index (κ1) is 25.6. The molecule has 0 aromatic carbocycles. The van der Waals surface area contributed by atoms with E-state index in [0.717, 1.165) is 6.26 Å². The summed E-state index contributed by atoms with van der Waals surface area (Å²) in [5.41, 5.74) is -0.801. The maximum atomic E-state index is 13.7. The minimum absolute atomic E-state index is 0.0115. The van der Waals surface area contributed by atoms with Crippen LogP contribution in [0.25, 0.3) is 0 Å². The zero-order chi connectivity index (χ0) is 23.9. The number of aliphatic hydroxyl groups excluding tert-OH is 1. The maximum absolute atomic E-state index is 13.7. The molecule has 0 aromatic heterocycles. The summed E-state index contributed by atoms with van der Waals surface area (Å²) in [5.74, 6) is -0.806. The minimum Gasteiger partial charge on any atom is -0.466 e. The molecule has 3 fully saturated rings. The second kappa shape index (κ2) is 9.29. The minimum atomic E-state index is -3.69. The van der Waals surface area contributed by atoms with Gasteiger partial charge < -0.3 is 9.84 Å². The number of carbonyl (C=O) groups excluding carboxylic acids is 1. The van der Waals surface area contributed by atoms with Crippen LogP contribution < -0.4 is 0 Å². The molecule has 0 saturated heterocycles. The fourth-order valence-electron chi connectivity index (χ4n) is 7.03. The van der Waals surface area contributed by atoms with Crippen molar-refractivity contribution in [1.29, 1.82) is 0 Å². The molecule has 0 aliphatic heterocycles. The van der Waals surface area contributed by atoms with Gasteiger partial charge in [0.2, 0.25) is 0 Å². The number of hydrogen-bond donors (Lipinski definition) is 1. The Kier molecular flexibility index (Phi) is 7.42. The molecule has 32 heavy (non-hydrogen) atoms. The Morgan fingerprint density at radius 1 is 1.12 bits per heavy atom. The van der Waals surface area contributed by atoms with Crippen molar-refractivity contribution >= 4 is 16.1 Å². The van der Waals surface area contributed by atoms with E-state index in [2.05, 4.69) is 6.92 Å². The summed E-state index contributed by atoms with van der Waals surface area (Å²) in [5, 5.41) is 10.3. The largest absolute Gasteiger partial charge is 0.466 e. The monoisotopic (exact) mass is 478 g/mol. The Balaban J connectivity index is 1.97. The van der Waals surface area contributed by atoms with Crippen molar-refractivity contribution in [3.05, 3.63) is 11.7 Å². The fraction of sp³-hybridized carbons (Fsp3) is 0.870. The summed E-state index contributed by atoms with van der Waals surface area (Å²) < 4.78 is 61.7. The van der Waals surface area contributed by atoms with Gasteiger partial charge in [0.1, 0.15) is 0 Å². The zero-order valence-electron chi connectivity index (χ0n) is 19.4. The van der Waals surface area contributed by atoms with Gasteiger partial charge in [-0.2, -0.15) is 17.2 Å². The van der Waals surface area contributed by atoms with Crippen molar-refractivity contribution in [2.75, 3.05) is 19.5 Å². The molecule has 0 radical (unpaired) electrons. The topological polar surface area (TPSA) is 89.9 Å². The van der Waals surface area contributed by atoms with Crippen molar-refractivity contribution in [3.63, 3.8) is 0 Å². The molecule has 184 valence electrons. The molecular formula is C23H36F2O6S. The highest BCUT2D eigenvalue weighted by Crippen LogP contribution is 2.64. The van der Waals surface area contributed by atoms with E-state index in [1.54, 1.807) is 0 Å². The van der Waals surface area contributed by atoms with E-state index in [-0.39, 0.29) is 53.8 Å². The number of ether oxygens (including phenoxy) is 1. The molecule has 3 aliphatic carbocycles. The number of allylic oxidation sites excluding steroid dienone is 1. The summed E-state index contributed by atoms with van der Waals surface area (Å²) in [6, 6.07) is 0. The number of aliphatic hydroxyl groups is 1. The molecule has 1 N–H and O–H groups in total. The van der Waals surface area contributed by atoms with E-state index >= 15 is 0 Å². The van der Waals surface area contributed by atoms with Crippen molar-refractivity contribution in [3.8, 4) is 0 Å². The van der Waals surface area contributed by atoms with Crippen molar-refractivity contribution < 1.29 is 36.0 Å². The highest BCUT2D eigenvalue weighted by molar-refractivity contribution is 7.85. The number of fused-ring (bicyclic) bond motifs is 1. The fourth-order valence-corrected chi connectivity index (χ4v) is 7.43. The standard InChI is InChI=1S/C23H36F2O6S/c1-14(26)30-12-15-11-16(27)7-9-22(15,2)19-8-10-23(3)18(5-6-20(23)21(24)25)17(19)13-31-32(4,28)29/h15-19,27H,5-13H2,1-4H3/t15-,16+,17+,18?,19?,22+,23+/m1/s1. The lowest BCUT2D eigenvalue weighted by Crippen LogP contribution is -2.52. The molecule has 2 unspecified atom stereocenters. The van der Waals surface area contributed by atoms with E-state index in [9.17, 15) is 27.1 Å². The predicted molar refractivity (Wildman–Crippen MR) is 115 cm³/mol. The SMILES string of the molecule is CC(=O)OC[C@H]1C[C@@H](O)CC[C@]1(C)C1CC[C@]2(C)C(=C(F)F)CCC2[C@@H]1COS(C)(=O)=O. The van der Waals surface area contributed by atoms with E-state index in [1.807, 2.05) is 6.92 Å². The van der Waals surface area contributed by atoms with Gasteiger partial charge in [0, 0.05) is 18.4 Å². The smallest absolute Gasteiger partial charge is 0.302 e. The van der Waals surface area contributed by atoms with Gasteiger partial charge in [0.25, 0.3) is 16.2 Å². The molecular weight excluding hydrogens is 442 g/mol. The van der Waals surface area contributed by atoms with Crippen LogP contribution in [0, 0.1) is 34.5 Å². The van der Waals surface area contributed by atoms with Gasteiger partial charge in [0.05, 0.1) is 25.6 Å². The van der Waals surface area contributed by atoms with Gasteiger partial charge in [-0.1, -0.05) is 13.8 Å². The van der Waals surface area contributed by atoms with E-state index in [4.69, 9.17) is 8.92 Å². The quantitative estimate of drug-likeness (QED) is 0.453. The summed E-state index contributed by atoms with van der Waals surface area (Å²) in [6.45, 7) is 5.50. The lowest BCUT2D eigenvalue weighted by molar-refractivity contribution is -0.150. The predicted octanol–water partition coefficient (Wildman–Crippen LogP) is 4.29. The lowest BCUT2D eigenvalue weighted by Gasteiger charge is -2.56. The third-order valence-corrected chi connectivity index (χ3v) is 9.33. The molecule has 0 bridgehead atoms.